The van der Waals surface area contributed by atoms with Crippen LogP contribution in [0.1, 0.15) is 31.2 Å². The van der Waals surface area contributed by atoms with Crippen LogP contribution in [0.3, 0.4) is 0 Å². The van der Waals surface area contributed by atoms with Crippen LogP contribution in [0.2, 0.25) is 0 Å². The van der Waals surface area contributed by atoms with E-state index in [4.69, 9.17) is 0 Å². The van der Waals surface area contributed by atoms with Gasteiger partial charge in [0.25, 0.3) is 0 Å². The van der Waals surface area contributed by atoms with Crippen molar-refractivity contribution >= 4 is 15.9 Å². The van der Waals surface area contributed by atoms with Crippen molar-refractivity contribution in [3.8, 4) is 0 Å². The van der Waals surface area contributed by atoms with Crippen molar-refractivity contribution in [2.24, 2.45) is 5.92 Å². The zero-order chi connectivity index (χ0) is 13.0. The van der Waals surface area contributed by atoms with Crippen LogP contribution in [0.5, 0.6) is 0 Å². The molecule has 1 aliphatic rings. The number of hydrogen-bond acceptors (Lipinski definition) is 2. The second-order valence-electron chi connectivity index (χ2n) is 5.07. The first kappa shape index (κ1) is 14.0. The maximum absolute atomic E-state index is 13.1. The SMILES string of the molecule is OC1CCCC(CNCc2ccc(F)c(Br)c2)C1. The van der Waals surface area contributed by atoms with Crippen molar-refractivity contribution in [2.45, 2.75) is 38.3 Å². The summed E-state index contributed by atoms with van der Waals surface area (Å²) in [5, 5.41) is 13.0. The molecule has 0 spiro atoms. The van der Waals surface area contributed by atoms with Crippen LogP contribution in [-0.2, 0) is 6.54 Å². The van der Waals surface area contributed by atoms with E-state index in [1.165, 1.54) is 12.5 Å². The van der Waals surface area contributed by atoms with Crippen LogP contribution >= 0.6 is 15.9 Å². The van der Waals surface area contributed by atoms with E-state index in [0.29, 0.717) is 10.4 Å². The first-order chi connectivity index (χ1) is 8.65. The van der Waals surface area contributed by atoms with E-state index in [2.05, 4.69) is 21.2 Å². The molecule has 1 aromatic carbocycles. The molecule has 0 aromatic heterocycles. The molecule has 4 heteroatoms. The normalized spacial score (nSPS) is 24.2. The van der Waals surface area contributed by atoms with E-state index in [1.807, 2.05) is 0 Å². The third-order valence-corrected chi connectivity index (χ3v) is 4.11. The van der Waals surface area contributed by atoms with Crippen molar-refractivity contribution < 1.29 is 9.50 Å². The number of halogens is 2. The first-order valence-electron chi connectivity index (χ1n) is 6.48. The van der Waals surface area contributed by atoms with Crippen molar-refractivity contribution in [1.29, 1.82) is 0 Å². The molecule has 0 bridgehead atoms. The van der Waals surface area contributed by atoms with E-state index in [1.54, 1.807) is 12.1 Å². The third-order valence-electron chi connectivity index (χ3n) is 3.50. The summed E-state index contributed by atoms with van der Waals surface area (Å²) in [5.74, 6) is 0.340. The smallest absolute Gasteiger partial charge is 0.137 e. The van der Waals surface area contributed by atoms with Gasteiger partial charge in [-0.2, -0.15) is 0 Å². The Morgan fingerprint density at radius 1 is 1.39 bits per heavy atom. The highest BCUT2D eigenvalue weighted by molar-refractivity contribution is 9.10. The second kappa shape index (κ2) is 6.64. The number of aliphatic hydroxyl groups is 1. The zero-order valence-electron chi connectivity index (χ0n) is 10.3. The molecule has 1 fully saturated rings. The van der Waals surface area contributed by atoms with E-state index in [9.17, 15) is 9.50 Å². The van der Waals surface area contributed by atoms with Gasteiger partial charge >= 0.3 is 0 Å². The fourth-order valence-electron chi connectivity index (χ4n) is 2.52. The van der Waals surface area contributed by atoms with E-state index in [0.717, 1.165) is 37.9 Å². The summed E-state index contributed by atoms with van der Waals surface area (Å²) in [6.07, 6.45) is 4.04. The van der Waals surface area contributed by atoms with Crippen molar-refractivity contribution in [1.82, 2.24) is 5.32 Å². The molecule has 100 valence electrons. The molecule has 0 aliphatic heterocycles. The Morgan fingerprint density at radius 3 is 2.94 bits per heavy atom. The molecule has 0 radical (unpaired) electrons. The van der Waals surface area contributed by atoms with Gasteiger partial charge in [0.2, 0.25) is 0 Å². The van der Waals surface area contributed by atoms with Crippen molar-refractivity contribution in [2.75, 3.05) is 6.54 Å². The lowest BCUT2D eigenvalue weighted by Gasteiger charge is -2.26. The Balaban J connectivity index is 1.76. The quantitative estimate of drug-likeness (QED) is 0.894. The van der Waals surface area contributed by atoms with Gasteiger partial charge < -0.3 is 10.4 Å². The molecule has 2 nitrogen and oxygen atoms in total. The van der Waals surface area contributed by atoms with Gasteiger partial charge in [-0.05, 0) is 65.4 Å². The maximum atomic E-state index is 13.1. The van der Waals surface area contributed by atoms with Gasteiger partial charge in [0.15, 0.2) is 0 Å². The van der Waals surface area contributed by atoms with E-state index < -0.39 is 0 Å². The van der Waals surface area contributed by atoms with Gasteiger partial charge in [-0.1, -0.05) is 12.5 Å². The number of hydrogen-bond donors (Lipinski definition) is 2. The van der Waals surface area contributed by atoms with E-state index >= 15 is 0 Å². The predicted octanol–water partition coefficient (Wildman–Crippen LogP) is 3.23. The lowest BCUT2D eigenvalue weighted by molar-refractivity contribution is 0.101. The van der Waals surface area contributed by atoms with Gasteiger partial charge in [0.05, 0.1) is 10.6 Å². The average Bonchev–Trinajstić information content (AvgIpc) is 2.34. The molecule has 1 aliphatic carbocycles. The van der Waals surface area contributed by atoms with Crippen molar-refractivity contribution in [3.63, 3.8) is 0 Å². The lowest BCUT2D eigenvalue weighted by Crippen LogP contribution is -2.28. The van der Waals surface area contributed by atoms with Crippen LogP contribution in [0, 0.1) is 11.7 Å². The van der Waals surface area contributed by atoms with Crippen LogP contribution in [0.4, 0.5) is 4.39 Å². The molecule has 2 N–H and O–H groups in total. The standard InChI is InChI=1S/C14H19BrFNO/c15-13-7-11(4-5-14(13)16)9-17-8-10-2-1-3-12(18)6-10/h4-5,7,10,12,17-18H,1-3,6,8-9H2. The van der Waals surface area contributed by atoms with Gasteiger partial charge in [-0.15, -0.1) is 0 Å². The molecule has 18 heavy (non-hydrogen) atoms. The number of aliphatic hydroxyl groups excluding tert-OH is 1. The molecule has 2 atom stereocenters. The van der Waals surface area contributed by atoms with Gasteiger partial charge in [0.1, 0.15) is 5.82 Å². The Kier molecular flexibility index (Phi) is 5.15. The zero-order valence-corrected chi connectivity index (χ0v) is 11.9. The molecule has 2 unspecified atom stereocenters. The number of rotatable bonds is 4. The summed E-state index contributed by atoms with van der Waals surface area (Å²) >= 11 is 3.19. The van der Waals surface area contributed by atoms with Crippen molar-refractivity contribution in [3.05, 3.63) is 34.1 Å². The largest absolute Gasteiger partial charge is 0.393 e. The summed E-state index contributed by atoms with van der Waals surface area (Å²) < 4.78 is 13.6. The number of nitrogens with one attached hydrogen (secondary N) is 1. The molecule has 0 heterocycles. The van der Waals surface area contributed by atoms with E-state index in [-0.39, 0.29) is 11.9 Å². The van der Waals surface area contributed by atoms with Gasteiger partial charge in [0, 0.05) is 6.54 Å². The Labute approximate surface area is 116 Å². The average molecular weight is 316 g/mol. The minimum atomic E-state index is -0.228. The fourth-order valence-corrected chi connectivity index (χ4v) is 2.94. The molecule has 1 saturated carbocycles. The summed E-state index contributed by atoms with van der Waals surface area (Å²) in [6, 6.07) is 5.08. The second-order valence-corrected chi connectivity index (χ2v) is 5.92. The molecular weight excluding hydrogens is 297 g/mol. The Morgan fingerprint density at radius 2 is 2.22 bits per heavy atom. The lowest BCUT2D eigenvalue weighted by atomic mass is 9.87. The number of benzene rings is 1. The Hall–Kier alpha value is -0.450. The molecular formula is C14H19BrFNO. The van der Waals surface area contributed by atoms with Crippen LogP contribution in [0.15, 0.2) is 22.7 Å². The Bertz CT molecular complexity index is 399. The topological polar surface area (TPSA) is 32.3 Å². The molecule has 1 aromatic rings. The van der Waals surface area contributed by atoms with Crippen LogP contribution < -0.4 is 5.32 Å². The third kappa shape index (κ3) is 4.04. The maximum Gasteiger partial charge on any atom is 0.137 e. The minimum Gasteiger partial charge on any atom is -0.393 e. The predicted molar refractivity (Wildman–Crippen MR) is 73.8 cm³/mol. The molecule has 0 saturated heterocycles. The minimum absolute atomic E-state index is 0.120. The van der Waals surface area contributed by atoms with Gasteiger partial charge in [-0.3, -0.25) is 0 Å². The summed E-state index contributed by atoms with van der Waals surface area (Å²) in [4.78, 5) is 0. The highest BCUT2D eigenvalue weighted by Crippen LogP contribution is 2.23. The summed E-state index contributed by atoms with van der Waals surface area (Å²) in [5.41, 5.74) is 1.07. The highest BCUT2D eigenvalue weighted by atomic mass is 79.9. The van der Waals surface area contributed by atoms with Gasteiger partial charge in [-0.25, -0.2) is 4.39 Å². The monoisotopic (exact) mass is 315 g/mol. The first-order valence-corrected chi connectivity index (χ1v) is 7.27. The highest BCUT2D eigenvalue weighted by Gasteiger charge is 2.19. The van der Waals surface area contributed by atoms with Crippen LogP contribution in [-0.4, -0.2) is 17.8 Å². The summed E-state index contributed by atoms with van der Waals surface area (Å²) in [6.45, 7) is 1.66. The van der Waals surface area contributed by atoms with Crippen LogP contribution in [0.25, 0.3) is 0 Å². The fraction of sp³-hybridized carbons (Fsp3) is 0.571. The summed E-state index contributed by atoms with van der Waals surface area (Å²) in [7, 11) is 0. The molecule has 0 amide bonds. The molecule has 2 rings (SSSR count).